The molecule has 29 heavy (non-hydrogen) atoms. The number of halogens is 2. The van der Waals surface area contributed by atoms with Crippen molar-refractivity contribution < 1.29 is 4.74 Å². The van der Waals surface area contributed by atoms with E-state index in [-0.39, 0.29) is 5.41 Å². The van der Waals surface area contributed by atoms with Gasteiger partial charge in [-0.3, -0.25) is 4.99 Å². The van der Waals surface area contributed by atoms with Crippen LogP contribution in [0.15, 0.2) is 53.5 Å². The SMILES string of the molecule is CN1c2cc(CBr)ccc2C(C)(C)C12C=Nc1c(c(CBr)cc3ccccc13)O2. The molecule has 0 saturated carbocycles. The molecule has 1 atom stereocenters. The minimum absolute atomic E-state index is 0.266. The Morgan fingerprint density at radius 1 is 1.03 bits per heavy atom. The molecule has 3 aromatic rings. The predicted molar refractivity (Wildman–Crippen MR) is 129 cm³/mol. The molecule has 0 saturated heterocycles. The molecular formula is C24H22Br2N2O. The number of benzene rings is 3. The Bertz CT molecular complexity index is 1170. The Morgan fingerprint density at radius 2 is 1.83 bits per heavy atom. The second-order valence-corrected chi connectivity index (χ2v) is 9.42. The summed E-state index contributed by atoms with van der Waals surface area (Å²) in [5.74, 6) is 0.872. The first kappa shape index (κ1) is 19.1. The first-order chi connectivity index (χ1) is 13.9. The van der Waals surface area contributed by atoms with Gasteiger partial charge in [-0.25, -0.2) is 0 Å². The Hall–Kier alpha value is -1.85. The Balaban J connectivity index is 1.73. The second-order valence-electron chi connectivity index (χ2n) is 8.29. The monoisotopic (exact) mass is 512 g/mol. The van der Waals surface area contributed by atoms with Crippen LogP contribution in [0.4, 0.5) is 11.4 Å². The predicted octanol–water partition coefficient (Wildman–Crippen LogP) is 6.85. The maximum absolute atomic E-state index is 6.93. The highest BCUT2D eigenvalue weighted by Gasteiger charge is 2.58. The largest absolute Gasteiger partial charge is 0.459 e. The summed E-state index contributed by atoms with van der Waals surface area (Å²) in [5.41, 5.74) is 4.83. The molecule has 0 fully saturated rings. The molecule has 2 heterocycles. The van der Waals surface area contributed by atoms with E-state index in [9.17, 15) is 0 Å². The van der Waals surface area contributed by atoms with Crippen molar-refractivity contribution in [1.82, 2.24) is 0 Å². The van der Waals surface area contributed by atoms with Crippen LogP contribution in [-0.2, 0) is 16.1 Å². The van der Waals surface area contributed by atoms with Gasteiger partial charge in [0, 0.05) is 34.3 Å². The molecule has 0 aromatic heterocycles. The van der Waals surface area contributed by atoms with E-state index in [1.807, 2.05) is 6.21 Å². The zero-order valence-electron chi connectivity index (χ0n) is 16.7. The molecule has 0 aliphatic carbocycles. The summed E-state index contributed by atoms with van der Waals surface area (Å²) in [6.45, 7) is 4.49. The number of aliphatic imine (C=N–C) groups is 1. The summed E-state index contributed by atoms with van der Waals surface area (Å²) in [6, 6.07) is 17.2. The fourth-order valence-corrected chi connectivity index (χ4v) is 5.51. The molecule has 5 rings (SSSR count). The number of ether oxygens (including phenoxy) is 1. The Morgan fingerprint density at radius 3 is 2.59 bits per heavy atom. The van der Waals surface area contributed by atoms with E-state index in [2.05, 4.69) is 106 Å². The number of fused-ring (bicyclic) bond motifs is 4. The normalized spacial score (nSPS) is 21.3. The van der Waals surface area contributed by atoms with Crippen molar-refractivity contribution in [3.63, 3.8) is 0 Å². The zero-order chi connectivity index (χ0) is 20.4. The maximum atomic E-state index is 6.93. The van der Waals surface area contributed by atoms with E-state index in [4.69, 9.17) is 9.73 Å². The summed E-state index contributed by atoms with van der Waals surface area (Å²) in [5, 5.41) is 3.85. The highest BCUT2D eigenvalue weighted by Crippen LogP contribution is 2.55. The fraction of sp³-hybridized carbons (Fsp3) is 0.292. The lowest BCUT2D eigenvalue weighted by molar-refractivity contribution is 0.0818. The molecule has 5 heteroatoms. The van der Waals surface area contributed by atoms with Crippen molar-refractivity contribution in [2.24, 2.45) is 4.99 Å². The average Bonchev–Trinajstić information content (AvgIpc) is 2.91. The molecule has 2 aliphatic rings. The summed E-state index contributed by atoms with van der Waals surface area (Å²) in [7, 11) is 2.11. The van der Waals surface area contributed by atoms with Gasteiger partial charge in [0.1, 0.15) is 5.69 Å². The van der Waals surface area contributed by atoms with Crippen LogP contribution < -0.4 is 9.64 Å². The van der Waals surface area contributed by atoms with Crippen molar-refractivity contribution in [3.8, 4) is 5.75 Å². The molecular weight excluding hydrogens is 492 g/mol. The topological polar surface area (TPSA) is 24.8 Å². The van der Waals surface area contributed by atoms with Gasteiger partial charge in [-0.1, -0.05) is 68.3 Å². The van der Waals surface area contributed by atoms with Gasteiger partial charge in [-0.05, 0) is 42.5 Å². The Kier molecular flexibility index (Phi) is 4.34. The first-order valence-corrected chi connectivity index (χ1v) is 12.0. The minimum Gasteiger partial charge on any atom is -0.459 e. The van der Waals surface area contributed by atoms with Crippen molar-refractivity contribution in [1.29, 1.82) is 0 Å². The van der Waals surface area contributed by atoms with Gasteiger partial charge in [0.15, 0.2) is 5.75 Å². The number of alkyl halides is 2. The average molecular weight is 514 g/mol. The van der Waals surface area contributed by atoms with Gasteiger partial charge in [0.05, 0.1) is 11.6 Å². The summed E-state index contributed by atoms with van der Waals surface area (Å²) < 4.78 is 6.93. The number of anilines is 1. The van der Waals surface area contributed by atoms with Gasteiger partial charge in [0.2, 0.25) is 5.72 Å². The van der Waals surface area contributed by atoms with Crippen LogP contribution >= 0.6 is 31.9 Å². The van der Waals surface area contributed by atoms with Crippen LogP contribution in [0.25, 0.3) is 10.8 Å². The molecule has 0 amide bonds. The maximum Gasteiger partial charge on any atom is 0.228 e. The van der Waals surface area contributed by atoms with Gasteiger partial charge in [-0.2, -0.15) is 0 Å². The molecule has 0 bridgehead atoms. The number of nitrogens with zero attached hydrogens (tertiary/aromatic N) is 2. The lowest BCUT2D eigenvalue weighted by Crippen LogP contribution is -2.61. The smallest absolute Gasteiger partial charge is 0.228 e. The van der Waals surface area contributed by atoms with Crippen molar-refractivity contribution >= 4 is 60.2 Å². The quantitative estimate of drug-likeness (QED) is 0.350. The van der Waals surface area contributed by atoms with Crippen molar-refractivity contribution in [3.05, 3.63) is 65.2 Å². The van der Waals surface area contributed by atoms with Crippen LogP contribution in [0.2, 0.25) is 0 Å². The molecule has 0 N–H and O–H groups in total. The molecule has 2 aliphatic heterocycles. The third kappa shape index (κ3) is 2.50. The Labute approximate surface area is 188 Å². The van der Waals surface area contributed by atoms with E-state index in [0.717, 1.165) is 33.0 Å². The number of likely N-dealkylation sites (N-methyl/N-ethyl adjacent to an activating group) is 1. The van der Waals surface area contributed by atoms with E-state index in [1.165, 1.54) is 22.2 Å². The van der Waals surface area contributed by atoms with Gasteiger partial charge in [0.25, 0.3) is 0 Å². The van der Waals surface area contributed by atoms with Crippen molar-refractivity contribution in [2.45, 2.75) is 35.6 Å². The zero-order valence-corrected chi connectivity index (χ0v) is 19.8. The van der Waals surface area contributed by atoms with E-state index in [1.54, 1.807) is 0 Å². The standard InChI is InChI=1S/C24H22Br2N2O/c1-23(2)19-9-8-15(12-25)10-20(19)28(3)24(23)14-27-21-18-7-5-4-6-16(18)11-17(13-26)22(21)29-24/h4-11,14H,12-13H2,1-3H3. The third-order valence-electron chi connectivity index (χ3n) is 6.47. The molecule has 3 aromatic carbocycles. The van der Waals surface area contributed by atoms with Crippen LogP contribution in [-0.4, -0.2) is 19.0 Å². The first-order valence-electron chi connectivity index (χ1n) is 9.71. The third-order valence-corrected chi connectivity index (χ3v) is 7.72. The van der Waals surface area contributed by atoms with Crippen LogP contribution in [0.1, 0.15) is 30.5 Å². The fourth-order valence-electron chi connectivity index (χ4n) is 4.74. The lowest BCUT2D eigenvalue weighted by Gasteiger charge is -2.45. The van der Waals surface area contributed by atoms with Gasteiger partial charge < -0.3 is 9.64 Å². The van der Waals surface area contributed by atoms with E-state index >= 15 is 0 Å². The summed E-state index contributed by atoms with van der Waals surface area (Å²) in [4.78, 5) is 7.26. The van der Waals surface area contributed by atoms with Gasteiger partial charge >= 0.3 is 0 Å². The van der Waals surface area contributed by atoms with Crippen LogP contribution in [0, 0.1) is 0 Å². The molecule has 1 unspecified atom stereocenters. The minimum atomic E-state index is -0.674. The van der Waals surface area contributed by atoms with E-state index in [0.29, 0.717) is 0 Å². The number of hydrogen-bond acceptors (Lipinski definition) is 3. The summed E-state index contributed by atoms with van der Waals surface area (Å²) >= 11 is 7.24. The molecule has 3 nitrogen and oxygen atoms in total. The number of hydrogen-bond donors (Lipinski definition) is 0. The molecule has 148 valence electrons. The summed E-state index contributed by atoms with van der Waals surface area (Å²) in [6.07, 6.45) is 2.01. The highest BCUT2D eigenvalue weighted by atomic mass is 79.9. The van der Waals surface area contributed by atoms with Crippen LogP contribution in [0.5, 0.6) is 5.75 Å². The number of rotatable bonds is 2. The van der Waals surface area contributed by atoms with E-state index < -0.39 is 5.72 Å². The molecule has 1 spiro atoms. The lowest BCUT2D eigenvalue weighted by atomic mass is 9.77. The van der Waals surface area contributed by atoms with Crippen molar-refractivity contribution in [2.75, 3.05) is 11.9 Å². The highest BCUT2D eigenvalue weighted by molar-refractivity contribution is 9.08. The second kappa shape index (κ2) is 6.58. The van der Waals surface area contributed by atoms with Crippen LogP contribution in [0.3, 0.4) is 0 Å². The molecule has 0 radical (unpaired) electrons. The van der Waals surface area contributed by atoms with Gasteiger partial charge in [-0.15, -0.1) is 0 Å².